The van der Waals surface area contributed by atoms with Gasteiger partial charge in [-0.25, -0.2) is 9.13 Å². The minimum absolute atomic E-state index is 0.103. The summed E-state index contributed by atoms with van der Waals surface area (Å²) in [4.78, 5) is 72.6. The van der Waals surface area contributed by atoms with Crippen molar-refractivity contribution in [3.05, 3.63) is 0 Å². The van der Waals surface area contributed by atoms with Crippen molar-refractivity contribution in [3.8, 4) is 0 Å². The van der Waals surface area contributed by atoms with Crippen molar-refractivity contribution in [2.24, 2.45) is 11.8 Å². The minimum Gasteiger partial charge on any atom is -0.462 e. The van der Waals surface area contributed by atoms with E-state index >= 15 is 0 Å². The summed E-state index contributed by atoms with van der Waals surface area (Å²) in [6, 6.07) is 0. The highest BCUT2D eigenvalue weighted by Gasteiger charge is 2.30. The molecule has 558 valence electrons. The monoisotopic (exact) mass is 1380 g/mol. The molecule has 19 heteroatoms. The third-order valence-corrected chi connectivity index (χ3v) is 19.7. The van der Waals surface area contributed by atoms with E-state index < -0.39 is 97.5 Å². The smallest absolute Gasteiger partial charge is 0.462 e. The molecule has 0 bridgehead atoms. The molecule has 94 heavy (non-hydrogen) atoms. The van der Waals surface area contributed by atoms with Crippen LogP contribution >= 0.6 is 15.6 Å². The molecule has 0 aliphatic rings. The van der Waals surface area contributed by atoms with Gasteiger partial charge < -0.3 is 33.8 Å². The molecule has 0 aliphatic carbocycles. The Hall–Kier alpha value is -1.94. The first-order valence-electron chi connectivity index (χ1n) is 39.0. The second kappa shape index (κ2) is 66.9. The Kier molecular flexibility index (Phi) is 65.5. The average Bonchev–Trinajstić information content (AvgIpc) is 1.78. The molecular weight excluding hydrogens is 1230 g/mol. The van der Waals surface area contributed by atoms with Gasteiger partial charge in [-0.3, -0.25) is 37.3 Å². The maximum atomic E-state index is 13.1. The molecule has 0 amide bonds. The van der Waals surface area contributed by atoms with Crippen molar-refractivity contribution in [1.82, 2.24) is 0 Å². The Morgan fingerprint density at radius 2 is 0.543 bits per heavy atom. The molecule has 0 saturated heterocycles. The third kappa shape index (κ3) is 67.3. The lowest BCUT2D eigenvalue weighted by Crippen LogP contribution is -2.30. The first-order chi connectivity index (χ1) is 45.4. The summed E-state index contributed by atoms with van der Waals surface area (Å²) >= 11 is 0. The predicted molar refractivity (Wildman–Crippen MR) is 381 cm³/mol. The van der Waals surface area contributed by atoms with Crippen LogP contribution in [-0.4, -0.2) is 96.7 Å². The molecule has 0 aromatic carbocycles. The van der Waals surface area contributed by atoms with Gasteiger partial charge in [-0.1, -0.05) is 337 Å². The van der Waals surface area contributed by atoms with Gasteiger partial charge in [0.1, 0.15) is 19.3 Å². The van der Waals surface area contributed by atoms with Gasteiger partial charge in [0.15, 0.2) is 12.2 Å². The van der Waals surface area contributed by atoms with Crippen molar-refractivity contribution < 1.29 is 80.2 Å². The lowest BCUT2D eigenvalue weighted by atomic mass is 10.00. The number of hydrogen-bond donors (Lipinski definition) is 3. The van der Waals surface area contributed by atoms with Crippen LogP contribution in [0.2, 0.25) is 0 Å². The van der Waals surface area contributed by atoms with Gasteiger partial charge in [0.25, 0.3) is 0 Å². The van der Waals surface area contributed by atoms with Crippen molar-refractivity contribution in [2.75, 3.05) is 39.6 Å². The van der Waals surface area contributed by atoms with E-state index in [4.69, 9.17) is 37.0 Å². The number of esters is 4. The normalized spacial score (nSPS) is 14.3. The van der Waals surface area contributed by atoms with Gasteiger partial charge in [0, 0.05) is 25.7 Å². The lowest BCUT2D eigenvalue weighted by molar-refractivity contribution is -0.161. The van der Waals surface area contributed by atoms with Crippen LogP contribution in [0.25, 0.3) is 0 Å². The fraction of sp³-hybridized carbons (Fsp3) is 0.947. The van der Waals surface area contributed by atoms with Gasteiger partial charge in [0.05, 0.1) is 26.4 Å². The number of phosphoric ester groups is 2. The summed E-state index contributed by atoms with van der Waals surface area (Å²) in [7, 11) is -9.90. The first kappa shape index (κ1) is 92.1. The van der Waals surface area contributed by atoms with E-state index in [2.05, 4.69) is 41.5 Å². The van der Waals surface area contributed by atoms with Gasteiger partial charge in [-0.05, 0) is 37.5 Å². The molecule has 0 rings (SSSR count). The number of carbonyl (C=O) groups excluding carboxylic acids is 4. The summed E-state index contributed by atoms with van der Waals surface area (Å²) in [5.41, 5.74) is 0. The van der Waals surface area contributed by atoms with Gasteiger partial charge in [0.2, 0.25) is 0 Å². The van der Waals surface area contributed by atoms with Crippen LogP contribution in [0.3, 0.4) is 0 Å². The van der Waals surface area contributed by atoms with Crippen LogP contribution < -0.4 is 0 Å². The van der Waals surface area contributed by atoms with E-state index in [0.29, 0.717) is 25.7 Å². The molecule has 0 aromatic heterocycles. The molecule has 3 unspecified atom stereocenters. The zero-order valence-corrected chi connectivity index (χ0v) is 63.1. The van der Waals surface area contributed by atoms with Crippen LogP contribution in [0.5, 0.6) is 0 Å². The number of phosphoric acid groups is 2. The molecule has 0 radical (unpaired) electrons. The second-order valence-corrected chi connectivity index (χ2v) is 30.7. The number of ether oxygens (including phenoxy) is 4. The van der Waals surface area contributed by atoms with Gasteiger partial charge in [-0.2, -0.15) is 0 Å². The maximum absolute atomic E-state index is 13.1. The van der Waals surface area contributed by atoms with E-state index in [1.807, 2.05) is 0 Å². The van der Waals surface area contributed by atoms with Crippen LogP contribution in [0.4, 0.5) is 0 Å². The van der Waals surface area contributed by atoms with Crippen molar-refractivity contribution in [2.45, 2.75) is 407 Å². The highest BCUT2D eigenvalue weighted by atomic mass is 31.2. The average molecular weight is 1380 g/mol. The minimum atomic E-state index is -4.96. The SMILES string of the molecule is CCCCCCCCCCCCCCCCCC(=O)OC[C@H](COP(=O)(O)OC[C@@H](O)COP(=O)(O)OC[C@@H](COC(=O)CCCCCCCCCC)OC(=O)CCCCCCCCC(C)CC)OC(=O)CCCCCCCCCCCCCCCCCCCCC(C)C. The molecule has 0 heterocycles. The highest BCUT2D eigenvalue weighted by molar-refractivity contribution is 7.47. The zero-order chi connectivity index (χ0) is 69.3. The number of carbonyl (C=O) groups is 4. The Labute approximate surface area is 575 Å². The van der Waals surface area contributed by atoms with E-state index in [9.17, 15) is 43.2 Å². The summed E-state index contributed by atoms with van der Waals surface area (Å²) < 4.78 is 68.4. The summed E-state index contributed by atoms with van der Waals surface area (Å²) in [6.07, 6.45) is 54.3. The van der Waals surface area contributed by atoms with E-state index in [-0.39, 0.29) is 25.7 Å². The molecule has 0 fully saturated rings. The maximum Gasteiger partial charge on any atom is 0.472 e. The van der Waals surface area contributed by atoms with Crippen LogP contribution in [-0.2, 0) is 65.4 Å². The number of aliphatic hydroxyl groups is 1. The van der Waals surface area contributed by atoms with Crippen molar-refractivity contribution in [3.63, 3.8) is 0 Å². The van der Waals surface area contributed by atoms with E-state index in [1.54, 1.807) is 0 Å². The Bertz CT molecular complexity index is 1820. The molecule has 6 atom stereocenters. The molecule has 0 spiro atoms. The first-order valence-corrected chi connectivity index (χ1v) is 42.0. The quantitative estimate of drug-likeness (QED) is 0.0222. The molecular formula is C75H146O17P2. The topological polar surface area (TPSA) is 237 Å². The van der Waals surface area contributed by atoms with Gasteiger partial charge >= 0.3 is 39.5 Å². The number of hydrogen-bond acceptors (Lipinski definition) is 15. The highest BCUT2D eigenvalue weighted by Crippen LogP contribution is 2.45. The fourth-order valence-electron chi connectivity index (χ4n) is 11.4. The summed E-state index contributed by atoms with van der Waals surface area (Å²) in [5.74, 6) is -0.582. The molecule has 0 aromatic rings. The Morgan fingerprint density at radius 1 is 0.309 bits per heavy atom. The van der Waals surface area contributed by atoms with Crippen molar-refractivity contribution in [1.29, 1.82) is 0 Å². The largest absolute Gasteiger partial charge is 0.472 e. The number of unbranched alkanes of at least 4 members (excludes halogenated alkanes) is 43. The van der Waals surface area contributed by atoms with E-state index in [0.717, 1.165) is 108 Å². The van der Waals surface area contributed by atoms with E-state index in [1.165, 1.54) is 199 Å². The lowest BCUT2D eigenvalue weighted by Gasteiger charge is -2.21. The third-order valence-electron chi connectivity index (χ3n) is 17.8. The van der Waals surface area contributed by atoms with Crippen LogP contribution in [0.1, 0.15) is 388 Å². The standard InChI is InChI=1S/C75H146O17P2/c1-7-10-12-14-16-18-19-20-25-29-32-35-39-46-52-58-73(78)86-63-70(91-74(79)59-53-47-40-36-33-30-27-24-22-21-23-26-28-31-34-37-43-49-55-67(4)5)65-89-93(81,82)87-61-69(76)62-88-94(83,84)90-66-71(64-85-72(77)57-51-45-38-17-15-13-11-8-2)92-75(80)60-54-48-42-41-44-50-56-68(6)9-3/h67-71,76H,7-66H2,1-6H3,(H,81,82)(H,83,84)/t68?,69-,70-,71-/m1/s1. The van der Waals surface area contributed by atoms with Crippen LogP contribution in [0, 0.1) is 11.8 Å². The molecule has 17 nitrogen and oxygen atoms in total. The number of rotatable bonds is 74. The fourth-order valence-corrected chi connectivity index (χ4v) is 13.0. The Morgan fingerprint density at radius 3 is 0.809 bits per heavy atom. The second-order valence-electron chi connectivity index (χ2n) is 27.8. The Balaban J connectivity index is 5.17. The zero-order valence-electron chi connectivity index (χ0n) is 61.3. The predicted octanol–water partition coefficient (Wildman–Crippen LogP) is 21.9. The molecule has 0 saturated carbocycles. The van der Waals surface area contributed by atoms with Crippen molar-refractivity contribution >= 4 is 39.5 Å². The molecule has 0 aliphatic heterocycles. The molecule has 3 N–H and O–H groups in total. The van der Waals surface area contributed by atoms with Crippen LogP contribution in [0.15, 0.2) is 0 Å². The number of aliphatic hydroxyl groups excluding tert-OH is 1. The summed E-state index contributed by atoms with van der Waals surface area (Å²) in [6.45, 7) is 9.55. The van der Waals surface area contributed by atoms with Gasteiger partial charge in [-0.15, -0.1) is 0 Å². The summed E-state index contributed by atoms with van der Waals surface area (Å²) in [5, 5.41) is 10.6.